The van der Waals surface area contributed by atoms with Gasteiger partial charge in [-0.3, -0.25) is 4.79 Å². The first-order chi connectivity index (χ1) is 10.1. The Morgan fingerprint density at radius 1 is 1.48 bits per heavy atom. The lowest BCUT2D eigenvalue weighted by Crippen LogP contribution is -2.28. The molecule has 1 heterocycles. The summed E-state index contributed by atoms with van der Waals surface area (Å²) >= 11 is 0. The van der Waals surface area contributed by atoms with E-state index in [0.717, 1.165) is 23.5 Å². The minimum absolute atomic E-state index is 0.0166. The Labute approximate surface area is 125 Å². The molecule has 5 nitrogen and oxygen atoms in total. The molecular formula is C16H22N4O. The fourth-order valence-corrected chi connectivity index (χ4v) is 2.69. The number of nitriles is 1. The Bertz CT molecular complexity index is 562. The van der Waals surface area contributed by atoms with E-state index in [-0.39, 0.29) is 11.9 Å². The van der Waals surface area contributed by atoms with Crippen molar-refractivity contribution in [3.05, 3.63) is 23.8 Å². The second-order valence-electron chi connectivity index (χ2n) is 5.73. The summed E-state index contributed by atoms with van der Waals surface area (Å²) in [5.41, 5.74) is 2.90. The molecule has 0 aliphatic carbocycles. The maximum atomic E-state index is 11.9. The number of nitrogens with one attached hydrogen (secondary N) is 2. The first-order valence-corrected chi connectivity index (χ1v) is 7.30. The molecule has 0 spiro atoms. The van der Waals surface area contributed by atoms with Crippen molar-refractivity contribution in [2.45, 2.75) is 26.3 Å². The molecule has 1 amide bonds. The fraction of sp³-hybridized carbons (Fsp3) is 0.500. The van der Waals surface area contributed by atoms with Crippen LogP contribution in [0.3, 0.4) is 0 Å². The third-order valence-corrected chi connectivity index (χ3v) is 3.60. The Balaban J connectivity index is 2.25. The molecule has 0 aromatic heterocycles. The molecule has 1 aromatic rings. The zero-order valence-corrected chi connectivity index (χ0v) is 12.8. The quantitative estimate of drug-likeness (QED) is 0.842. The lowest BCUT2D eigenvalue weighted by atomic mass is 10.1. The molecule has 2 N–H and O–H groups in total. The highest BCUT2D eigenvalue weighted by atomic mass is 16.2. The van der Waals surface area contributed by atoms with Gasteiger partial charge in [-0.15, -0.1) is 0 Å². The number of carbonyl (C=O) groups is 1. The van der Waals surface area contributed by atoms with Crippen molar-refractivity contribution >= 4 is 17.3 Å². The van der Waals surface area contributed by atoms with Gasteiger partial charge in [-0.2, -0.15) is 5.26 Å². The molecular weight excluding hydrogens is 264 g/mol. The van der Waals surface area contributed by atoms with Crippen LogP contribution in [0.1, 0.15) is 31.9 Å². The standard InChI is InChI=1S/C16H22N4O/c1-11(2)10-20(8-4-7-17)12-5-6-13-14(9-12)19-16(21)15(13)18-3/h5-6,9,11,15,18H,4,8,10H2,1-3H3,(H,19,21). The molecule has 5 heteroatoms. The SMILES string of the molecule is CNC1C(=O)Nc2cc(N(CCC#N)CC(C)C)ccc21. The normalized spacial score (nSPS) is 16.5. The highest BCUT2D eigenvalue weighted by molar-refractivity contribution is 6.03. The van der Waals surface area contributed by atoms with Gasteiger partial charge in [0.25, 0.3) is 0 Å². The Kier molecular flexibility index (Phi) is 4.81. The monoisotopic (exact) mass is 286 g/mol. The summed E-state index contributed by atoms with van der Waals surface area (Å²) < 4.78 is 0. The molecule has 0 bridgehead atoms. The minimum Gasteiger partial charge on any atom is -0.370 e. The minimum atomic E-state index is -0.272. The summed E-state index contributed by atoms with van der Waals surface area (Å²) in [7, 11) is 1.78. The van der Waals surface area contributed by atoms with Gasteiger partial charge < -0.3 is 15.5 Å². The van der Waals surface area contributed by atoms with E-state index in [1.807, 2.05) is 18.2 Å². The van der Waals surface area contributed by atoms with Crippen LogP contribution in [-0.4, -0.2) is 26.0 Å². The topological polar surface area (TPSA) is 68.2 Å². The third kappa shape index (κ3) is 3.34. The van der Waals surface area contributed by atoms with Crippen LogP contribution in [0.15, 0.2) is 18.2 Å². The van der Waals surface area contributed by atoms with E-state index in [4.69, 9.17) is 5.26 Å². The second kappa shape index (κ2) is 6.59. The molecule has 2 rings (SSSR count). The predicted octanol–water partition coefficient (Wildman–Crippen LogP) is 2.28. The predicted molar refractivity (Wildman–Crippen MR) is 84.2 cm³/mol. The molecule has 1 aromatic carbocycles. The molecule has 1 atom stereocenters. The summed E-state index contributed by atoms with van der Waals surface area (Å²) in [5.74, 6) is 0.494. The summed E-state index contributed by atoms with van der Waals surface area (Å²) in [4.78, 5) is 14.1. The number of fused-ring (bicyclic) bond motifs is 1. The first-order valence-electron chi connectivity index (χ1n) is 7.30. The number of anilines is 2. The van der Waals surface area contributed by atoms with Gasteiger partial charge in [0.2, 0.25) is 5.91 Å². The molecule has 1 unspecified atom stereocenters. The van der Waals surface area contributed by atoms with Crippen LogP contribution in [0, 0.1) is 17.2 Å². The van der Waals surface area contributed by atoms with E-state index in [9.17, 15) is 4.79 Å². The van der Waals surface area contributed by atoms with Crippen LogP contribution >= 0.6 is 0 Å². The summed E-state index contributed by atoms with van der Waals surface area (Å²) in [6, 6.07) is 7.95. The number of hydrogen-bond acceptors (Lipinski definition) is 4. The molecule has 0 radical (unpaired) electrons. The van der Waals surface area contributed by atoms with Gasteiger partial charge in [-0.25, -0.2) is 0 Å². The molecule has 112 valence electrons. The van der Waals surface area contributed by atoms with E-state index >= 15 is 0 Å². The van der Waals surface area contributed by atoms with Crippen molar-refractivity contribution < 1.29 is 4.79 Å². The van der Waals surface area contributed by atoms with Gasteiger partial charge in [0, 0.05) is 30.0 Å². The van der Waals surface area contributed by atoms with E-state index in [1.54, 1.807) is 7.05 Å². The van der Waals surface area contributed by atoms with Gasteiger partial charge in [-0.1, -0.05) is 19.9 Å². The lowest BCUT2D eigenvalue weighted by molar-refractivity contribution is -0.117. The average molecular weight is 286 g/mol. The number of nitrogens with zero attached hydrogens (tertiary/aromatic N) is 2. The summed E-state index contributed by atoms with van der Waals surface area (Å²) in [6.45, 7) is 5.91. The van der Waals surface area contributed by atoms with Crippen molar-refractivity contribution in [2.24, 2.45) is 5.92 Å². The van der Waals surface area contributed by atoms with Gasteiger partial charge in [-0.05, 0) is 25.1 Å². The number of amides is 1. The largest absolute Gasteiger partial charge is 0.370 e. The number of hydrogen-bond donors (Lipinski definition) is 2. The van der Waals surface area contributed by atoms with E-state index in [2.05, 4.69) is 35.5 Å². The highest BCUT2D eigenvalue weighted by Crippen LogP contribution is 2.34. The van der Waals surface area contributed by atoms with Crippen molar-refractivity contribution in [3.8, 4) is 6.07 Å². The fourth-order valence-electron chi connectivity index (χ4n) is 2.69. The number of carbonyl (C=O) groups excluding carboxylic acids is 1. The molecule has 1 aliphatic heterocycles. The van der Waals surface area contributed by atoms with Gasteiger partial charge >= 0.3 is 0 Å². The number of rotatable bonds is 6. The lowest BCUT2D eigenvalue weighted by Gasteiger charge is -2.26. The Hall–Kier alpha value is -2.06. The van der Waals surface area contributed by atoms with Crippen LogP contribution in [0.5, 0.6) is 0 Å². The Morgan fingerprint density at radius 2 is 2.24 bits per heavy atom. The van der Waals surface area contributed by atoms with Crippen LogP contribution in [0.4, 0.5) is 11.4 Å². The van der Waals surface area contributed by atoms with E-state index in [1.165, 1.54) is 0 Å². The average Bonchev–Trinajstić information content (AvgIpc) is 2.77. The zero-order chi connectivity index (χ0) is 15.4. The van der Waals surface area contributed by atoms with Gasteiger partial charge in [0.15, 0.2) is 0 Å². The molecule has 0 saturated carbocycles. The zero-order valence-electron chi connectivity index (χ0n) is 12.8. The van der Waals surface area contributed by atoms with Gasteiger partial charge in [0.1, 0.15) is 6.04 Å². The van der Waals surface area contributed by atoms with Crippen LogP contribution in [0.25, 0.3) is 0 Å². The molecule has 21 heavy (non-hydrogen) atoms. The van der Waals surface area contributed by atoms with E-state index < -0.39 is 0 Å². The highest BCUT2D eigenvalue weighted by Gasteiger charge is 2.29. The van der Waals surface area contributed by atoms with Gasteiger partial charge in [0.05, 0.1) is 12.5 Å². The van der Waals surface area contributed by atoms with Crippen molar-refractivity contribution in [1.29, 1.82) is 5.26 Å². The van der Waals surface area contributed by atoms with Crippen molar-refractivity contribution in [1.82, 2.24) is 5.32 Å². The van der Waals surface area contributed by atoms with Crippen LogP contribution in [-0.2, 0) is 4.79 Å². The maximum absolute atomic E-state index is 11.9. The third-order valence-electron chi connectivity index (χ3n) is 3.60. The Morgan fingerprint density at radius 3 is 2.86 bits per heavy atom. The molecule has 0 saturated heterocycles. The summed E-state index contributed by atoms with van der Waals surface area (Å²) in [6.07, 6.45) is 0.495. The molecule has 0 fully saturated rings. The maximum Gasteiger partial charge on any atom is 0.246 e. The number of likely N-dealkylation sites (N-methyl/N-ethyl adjacent to an activating group) is 1. The smallest absolute Gasteiger partial charge is 0.246 e. The van der Waals surface area contributed by atoms with Crippen LogP contribution < -0.4 is 15.5 Å². The van der Waals surface area contributed by atoms with E-state index in [0.29, 0.717) is 18.9 Å². The van der Waals surface area contributed by atoms with Crippen LogP contribution in [0.2, 0.25) is 0 Å². The molecule has 1 aliphatic rings. The first kappa shape index (κ1) is 15.3. The second-order valence-corrected chi connectivity index (χ2v) is 5.73. The van der Waals surface area contributed by atoms with Crippen molar-refractivity contribution in [3.63, 3.8) is 0 Å². The summed E-state index contributed by atoms with van der Waals surface area (Å²) in [5, 5.41) is 14.7. The number of benzene rings is 1. The van der Waals surface area contributed by atoms with Crippen molar-refractivity contribution in [2.75, 3.05) is 30.4 Å².